The fraction of sp³-hybridized carbons (Fsp3) is 0.292. The molecule has 1 heterocycles. The molecule has 6 rings (SSSR count). The van der Waals surface area contributed by atoms with E-state index in [0.717, 1.165) is 24.5 Å². The predicted molar refractivity (Wildman–Crippen MR) is 123 cm³/mol. The molecular formula is C24H20Cl2FN3O4. The van der Waals surface area contributed by atoms with Gasteiger partial charge in [-0.3, -0.25) is 9.59 Å². The number of fused-ring (bicyclic) bond motifs is 1. The molecule has 2 amide bonds. The van der Waals surface area contributed by atoms with Crippen molar-refractivity contribution in [3.05, 3.63) is 70.1 Å². The zero-order valence-corrected chi connectivity index (χ0v) is 19.3. The molecule has 7 nitrogen and oxygen atoms in total. The van der Waals surface area contributed by atoms with E-state index < -0.39 is 5.82 Å². The third kappa shape index (κ3) is 4.60. The van der Waals surface area contributed by atoms with Crippen molar-refractivity contribution in [2.24, 2.45) is 5.92 Å². The lowest BCUT2D eigenvalue weighted by Crippen LogP contribution is -2.51. The van der Waals surface area contributed by atoms with Gasteiger partial charge in [0.15, 0.2) is 18.1 Å². The molecule has 2 bridgehead atoms. The Morgan fingerprint density at radius 2 is 1.88 bits per heavy atom. The SMILES string of the molecule is O=C(COc1ccc(Cl)c(F)c1)N[C@@H]1CC2(NC(=O)c3cc(-c4ccc(Cl)cc4)on3)CC1C2. The van der Waals surface area contributed by atoms with Gasteiger partial charge in [-0.25, -0.2) is 4.39 Å². The van der Waals surface area contributed by atoms with E-state index in [0.29, 0.717) is 17.2 Å². The summed E-state index contributed by atoms with van der Waals surface area (Å²) in [5, 5.41) is 10.5. The van der Waals surface area contributed by atoms with Crippen molar-refractivity contribution in [3.8, 4) is 17.1 Å². The second-order valence-corrected chi connectivity index (χ2v) is 9.57. The zero-order valence-electron chi connectivity index (χ0n) is 17.8. The lowest BCUT2D eigenvalue weighted by Gasteiger charge is -2.38. The highest BCUT2D eigenvalue weighted by atomic mass is 35.5. The molecule has 3 saturated carbocycles. The number of amides is 2. The van der Waals surface area contributed by atoms with Gasteiger partial charge in [0.25, 0.3) is 11.8 Å². The highest BCUT2D eigenvalue weighted by Crippen LogP contribution is 2.52. The van der Waals surface area contributed by atoms with Crippen molar-refractivity contribution >= 4 is 35.0 Å². The topological polar surface area (TPSA) is 93.5 Å². The number of carbonyl (C=O) groups is 2. The first-order valence-corrected chi connectivity index (χ1v) is 11.5. The van der Waals surface area contributed by atoms with Crippen LogP contribution in [0.1, 0.15) is 29.8 Å². The maximum atomic E-state index is 13.5. The quantitative estimate of drug-likeness (QED) is 0.490. The summed E-state index contributed by atoms with van der Waals surface area (Å²) < 4.78 is 24.2. The van der Waals surface area contributed by atoms with Gasteiger partial charge >= 0.3 is 0 Å². The van der Waals surface area contributed by atoms with Gasteiger partial charge in [-0.05, 0) is 61.6 Å². The van der Waals surface area contributed by atoms with Gasteiger partial charge in [-0.15, -0.1) is 0 Å². The molecule has 176 valence electrons. The molecular weight excluding hydrogens is 484 g/mol. The number of rotatable bonds is 7. The Labute approximate surface area is 204 Å². The van der Waals surface area contributed by atoms with Crippen LogP contribution in [-0.4, -0.2) is 35.2 Å². The minimum absolute atomic E-state index is 0.0123. The molecule has 0 aliphatic heterocycles. The van der Waals surface area contributed by atoms with Gasteiger partial charge in [-0.1, -0.05) is 28.4 Å². The molecule has 0 unspecified atom stereocenters. The van der Waals surface area contributed by atoms with Crippen molar-refractivity contribution in [2.45, 2.75) is 30.8 Å². The average Bonchev–Trinajstić information content (AvgIpc) is 3.48. The van der Waals surface area contributed by atoms with Crippen LogP contribution in [0.5, 0.6) is 5.75 Å². The van der Waals surface area contributed by atoms with Crippen molar-refractivity contribution in [3.63, 3.8) is 0 Å². The maximum absolute atomic E-state index is 13.5. The van der Waals surface area contributed by atoms with E-state index in [1.54, 1.807) is 30.3 Å². The van der Waals surface area contributed by atoms with E-state index in [-0.39, 0.29) is 52.4 Å². The number of benzene rings is 2. The summed E-state index contributed by atoms with van der Waals surface area (Å²) in [7, 11) is 0. The summed E-state index contributed by atoms with van der Waals surface area (Å²) in [5.74, 6) is -0.258. The fourth-order valence-corrected chi connectivity index (χ4v) is 4.95. The van der Waals surface area contributed by atoms with Crippen LogP contribution >= 0.6 is 23.2 Å². The second kappa shape index (κ2) is 8.92. The van der Waals surface area contributed by atoms with Crippen LogP contribution in [0.15, 0.2) is 53.1 Å². The van der Waals surface area contributed by atoms with E-state index in [1.165, 1.54) is 12.1 Å². The lowest BCUT2D eigenvalue weighted by molar-refractivity contribution is -0.124. The fourth-order valence-electron chi connectivity index (χ4n) is 4.71. The van der Waals surface area contributed by atoms with Crippen LogP contribution in [0.25, 0.3) is 11.3 Å². The third-order valence-electron chi connectivity index (χ3n) is 6.34. The van der Waals surface area contributed by atoms with Gasteiger partial charge in [-0.2, -0.15) is 0 Å². The Balaban J connectivity index is 1.13. The molecule has 2 aromatic carbocycles. The van der Waals surface area contributed by atoms with Crippen LogP contribution in [0, 0.1) is 11.7 Å². The molecule has 3 aromatic rings. The molecule has 34 heavy (non-hydrogen) atoms. The van der Waals surface area contributed by atoms with Crippen molar-refractivity contribution < 1.29 is 23.2 Å². The second-order valence-electron chi connectivity index (χ2n) is 8.73. The Morgan fingerprint density at radius 1 is 1.12 bits per heavy atom. The first-order valence-electron chi connectivity index (χ1n) is 10.7. The minimum Gasteiger partial charge on any atom is -0.484 e. The Hall–Kier alpha value is -3.10. The first kappa shape index (κ1) is 22.7. The third-order valence-corrected chi connectivity index (χ3v) is 6.90. The van der Waals surface area contributed by atoms with Gasteiger partial charge in [0.05, 0.1) is 5.02 Å². The number of aromatic nitrogens is 1. The summed E-state index contributed by atoms with van der Waals surface area (Å²) >= 11 is 11.6. The van der Waals surface area contributed by atoms with E-state index in [4.69, 9.17) is 32.5 Å². The average molecular weight is 504 g/mol. The predicted octanol–water partition coefficient (Wildman–Crippen LogP) is 4.63. The van der Waals surface area contributed by atoms with Gasteiger partial charge in [0, 0.05) is 34.3 Å². The van der Waals surface area contributed by atoms with Gasteiger partial charge < -0.3 is 19.9 Å². The molecule has 10 heteroatoms. The lowest BCUT2D eigenvalue weighted by atomic mass is 9.76. The van der Waals surface area contributed by atoms with Crippen molar-refractivity contribution in [1.29, 1.82) is 0 Å². The number of ether oxygens (including phenoxy) is 1. The normalized spacial score (nSPS) is 22.7. The number of halogens is 3. The molecule has 3 fully saturated rings. The molecule has 0 spiro atoms. The highest BCUT2D eigenvalue weighted by molar-refractivity contribution is 6.31. The number of hydrogen-bond donors (Lipinski definition) is 2. The highest BCUT2D eigenvalue weighted by Gasteiger charge is 2.57. The van der Waals surface area contributed by atoms with Crippen LogP contribution in [-0.2, 0) is 4.79 Å². The standard InChI is InChI=1S/C24H20Cl2FN3O4/c25-15-3-1-13(2-4-15)21-8-19(30-34-21)23(32)29-24-9-14(10-24)20(11-24)28-22(31)12-33-16-5-6-17(26)18(27)7-16/h1-8,14,20H,9-12H2,(H,28,31)(H,29,32)/t14?,20-,24?/m1/s1. The Morgan fingerprint density at radius 3 is 2.62 bits per heavy atom. The number of nitrogens with one attached hydrogen (secondary N) is 2. The molecule has 0 saturated heterocycles. The van der Waals surface area contributed by atoms with E-state index in [9.17, 15) is 14.0 Å². The smallest absolute Gasteiger partial charge is 0.273 e. The number of carbonyl (C=O) groups excluding carboxylic acids is 2. The van der Waals surface area contributed by atoms with Gasteiger partial charge in [0.1, 0.15) is 11.6 Å². The van der Waals surface area contributed by atoms with Crippen LogP contribution in [0.2, 0.25) is 10.0 Å². The van der Waals surface area contributed by atoms with Gasteiger partial charge in [0.2, 0.25) is 0 Å². The molecule has 1 atom stereocenters. The number of hydrogen-bond acceptors (Lipinski definition) is 5. The van der Waals surface area contributed by atoms with Crippen molar-refractivity contribution in [1.82, 2.24) is 15.8 Å². The van der Waals surface area contributed by atoms with E-state index >= 15 is 0 Å². The zero-order chi connectivity index (χ0) is 23.9. The summed E-state index contributed by atoms with van der Waals surface area (Å²) in [6, 6.07) is 12.6. The van der Waals surface area contributed by atoms with E-state index in [2.05, 4.69) is 15.8 Å². The maximum Gasteiger partial charge on any atom is 0.273 e. The largest absolute Gasteiger partial charge is 0.484 e. The summed E-state index contributed by atoms with van der Waals surface area (Å²) in [6.45, 7) is -0.240. The van der Waals surface area contributed by atoms with Crippen LogP contribution in [0.4, 0.5) is 4.39 Å². The molecule has 3 aliphatic carbocycles. The number of nitrogens with zero attached hydrogens (tertiary/aromatic N) is 1. The molecule has 0 radical (unpaired) electrons. The Kier molecular flexibility index (Phi) is 5.95. The summed E-state index contributed by atoms with van der Waals surface area (Å²) in [4.78, 5) is 25.1. The summed E-state index contributed by atoms with van der Waals surface area (Å²) in [5.41, 5.74) is 0.586. The van der Waals surface area contributed by atoms with Crippen molar-refractivity contribution in [2.75, 3.05) is 6.61 Å². The Bertz CT molecular complexity index is 1240. The molecule has 2 N–H and O–H groups in total. The monoisotopic (exact) mass is 503 g/mol. The van der Waals surface area contributed by atoms with Crippen LogP contribution < -0.4 is 15.4 Å². The molecule has 3 aliphatic rings. The first-order chi connectivity index (χ1) is 16.3. The summed E-state index contributed by atoms with van der Waals surface area (Å²) in [6.07, 6.45) is 2.16. The molecule has 1 aromatic heterocycles. The minimum atomic E-state index is -0.610. The van der Waals surface area contributed by atoms with E-state index in [1.807, 2.05) is 0 Å². The van der Waals surface area contributed by atoms with Crippen LogP contribution in [0.3, 0.4) is 0 Å².